The Morgan fingerprint density at radius 2 is 2.05 bits per heavy atom. The zero-order valence-corrected chi connectivity index (χ0v) is 12.6. The molecular formula is C16H20N2O3. The third-order valence-corrected chi connectivity index (χ3v) is 4.05. The van der Waals surface area contributed by atoms with E-state index in [-0.39, 0.29) is 17.9 Å². The van der Waals surface area contributed by atoms with Gasteiger partial charge in [0.15, 0.2) is 0 Å². The Bertz CT molecular complexity index is 618. The number of hydrogen-bond acceptors (Lipinski definition) is 4. The maximum atomic E-state index is 12.4. The molecule has 2 amide bonds. The number of imide groups is 1. The zero-order chi connectivity index (χ0) is 15.4. The van der Waals surface area contributed by atoms with Gasteiger partial charge < -0.3 is 10.5 Å². The van der Waals surface area contributed by atoms with Crippen LogP contribution in [0.4, 0.5) is 10.5 Å². The van der Waals surface area contributed by atoms with Crippen molar-refractivity contribution in [2.45, 2.75) is 45.3 Å². The van der Waals surface area contributed by atoms with Crippen molar-refractivity contribution in [3.63, 3.8) is 0 Å². The van der Waals surface area contributed by atoms with Gasteiger partial charge in [-0.15, -0.1) is 0 Å². The molecule has 1 saturated heterocycles. The SMILES string of the molecule is CC(C)(C)OC(=O)N1C(=O)CC2Cc3c(N)cccc3C21. The zero-order valence-electron chi connectivity index (χ0n) is 12.6. The van der Waals surface area contributed by atoms with Crippen LogP contribution < -0.4 is 5.73 Å². The summed E-state index contributed by atoms with van der Waals surface area (Å²) in [7, 11) is 0. The number of carbonyl (C=O) groups excluding carboxylic acids is 2. The molecular weight excluding hydrogens is 268 g/mol. The van der Waals surface area contributed by atoms with Crippen LogP contribution >= 0.6 is 0 Å². The first-order valence-corrected chi connectivity index (χ1v) is 7.20. The van der Waals surface area contributed by atoms with Crippen LogP contribution in [0.3, 0.4) is 0 Å². The molecule has 1 fully saturated rings. The van der Waals surface area contributed by atoms with Crippen molar-refractivity contribution in [1.82, 2.24) is 4.90 Å². The highest BCUT2D eigenvalue weighted by Crippen LogP contribution is 2.48. The highest BCUT2D eigenvalue weighted by molar-refractivity contribution is 5.95. The standard InChI is InChI=1S/C16H20N2O3/c1-16(2,3)21-15(20)18-13(19)8-9-7-11-10(14(9)18)5-4-6-12(11)17/h4-6,9,14H,7-8,17H2,1-3H3. The number of nitrogens with two attached hydrogens (primary N) is 1. The largest absolute Gasteiger partial charge is 0.443 e. The number of fused-ring (bicyclic) bond motifs is 3. The summed E-state index contributed by atoms with van der Waals surface area (Å²) in [6, 6.07) is 5.45. The molecule has 21 heavy (non-hydrogen) atoms. The summed E-state index contributed by atoms with van der Waals surface area (Å²) in [5.41, 5.74) is 8.18. The number of anilines is 1. The molecule has 2 N–H and O–H groups in total. The van der Waals surface area contributed by atoms with E-state index in [0.717, 1.165) is 23.2 Å². The molecule has 3 rings (SSSR count). The lowest BCUT2D eigenvalue weighted by atomic mass is 10.0. The van der Waals surface area contributed by atoms with Crippen LogP contribution in [-0.4, -0.2) is 22.5 Å². The van der Waals surface area contributed by atoms with E-state index in [1.165, 1.54) is 4.90 Å². The third kappa shape index (κ3) is 2.26. The van der Waals surface area contributed by atoms with Crippen LogP contribution in [-0.2, 0) is 16.0 Å². The van der Waals surface area contributed by atoms with Crippen LogP contribution in [0, 0.1) is 5.92 Å². The van der Waals surface area contributed by atoms with Crippen molar-refractivity contribution in [3.8, 4) is 0 Å². The Hall–Kier alpha value is -2.04. The topological polar surface area (TPSA) is 72.6 Å². The van der Waals surface area contributed by atoms with Crippen LogP contribution in [0.1, 0.15) is 44.4 Å². The maximum absolute atomic E-state index is 12.4. The van der Waals surface area contributed by atoms with Crippen molar-refractivity contribution in [3.05, 3.63) is 29.3 Å². The summed E-state index contributed by atoms with van der Waals surface area (Å²) < 4.78 is 5.38. The number of nitrogen functional groups attached to an aromatic ring is 1. The van der Waals surface area contributed by atoms with Gasteiger partial charge in [-0.1, -0.05) is 12.1 Å². The fourth-order valence-corrected chi connectivity index (χ4v) is 3.30. The van der Waals surface area contributed by atoms with Gasteiger partial charge in [0.2, 0.25) is 5.91 Å². The maximum Gasteiger partial charge on any atom is 0.417 e. The highest BCUT2D eigenvalue weighted by atomic mass is 16.6. The van der Waals surface area contributed by atoms with E-state index in [9.17, 15) is 9.59 Å². The molecule has 1 aliphatic carbocycles. The first-order valence-electron chi connectivity index (χ1n) is 7.20. The molecule has 2 aliphatic rings. The quantitative estimate of drug-likeness (QED) is 0.745. The number of carbonyl (C=O) groups is 2. The monoisotopic (exact) mass is 288 g/mol. The second kappa shape index (κ2) is 4.48. The van der Waals surface area contributed by atoms with Gasteiger partial charge in [-0.2, -0.15) is 0 Å². The minimum Gasteiger partial charge on any atom is -0.443 e. The molecule has 1 aromatic rings. The van der Waals surface area contributed by atoms with Crippen LogP contribution in [0.5, 0.6) is 0 Å². The van der Waals surface area contributed by atoms with E-state index in [4.69, 9.17) is 10.5 Å². The average molecular weight is 288 g/mol. The lowest BCUT2D eigenvalue weighted by molar-refractivity contribution is -0.128. The molecule has 5 nitrogen and oxygen atoms in total. The molecule has 1 aliphatic heterocycles. The fourth-order valence-electron chi connectivity index (χ4n) is 3.30. The first kappa shape index (κ1) is 13.9. The number of rotatable bonds is 0. The molecule has 0 spiro atoms. The Morgan fingerprint density at radius 1 is 1.33 bits per heavy atom. The summed E-state index contributed by atoms with van der Waals surface area (Å²) in [5.74, 6) is -0.0444. The molecule has 0 bridgehead atoms. The summed E-state index contributed by atoms with van der Waals surface area (Å²) in [5, 5.41) is 0. The van der Waals surface area contributed by atoms with Gasteiger partial charge in [-0.25, -0.2) is 9.69 Å². The van der Waals surface area contributed by atoms with E-state index in [2.05, 4.69) is 0 Å². The van der Waals surface area contributed by atoms with Crippen LogP contribution in [0.15, 0.2) is 18.2 Å². The average Bonchev–Trinajstić information content (AvgIpc) is 2.82. The number of likely N-dealkylation sites (tertiary alicyclic amines) is 1. The Morgan fingerprint density at radius 3 is 2.71 bits per heavy atom. The van der Waals surface area contributed by atoms with E-state index < -0.39 is 11.7 Å². The van der Waals surface area contributed by atoms with Gasteiger partial charge in [-0.3, -0.25) is 4.79 Å². The summed E-state index contributed by atoms with van der Waals surface area (Å²) in [4.78, 5) is 25.8. The van der Waals surface area contributed by atoms with E-state index in [1.54, 1.807) is 20.8 Å². The molecule has 2 unspecified atom stereocenters. The Kier molecular flexibility index (Phi) is 2.97. The molecule has 0 saturated carbocycles. The molecule has 112 valence electrons. The predicted octanol–water partition coefficient (Wildman–Crippen LogP) is 2.65. The number of nitrogens with zero attached hydrogens (tertiary/aromatic N) is 1. The molecule has 0 radical (unpaired) electrons. The lowest BCUT2D eigenvalue weighted by Gasteiger charge is -2.27. The van der Waals surface area contributed by atoms with E-state index >= 15 is 0 Å². The van der Waals surface area contributed by atoms with Gasteiger partial charge in [0.05, 0.1) is 6.04 Å². The minimum absolute atomic E-state index is 0.115. The molecule has 0 aromatic heterocycles. The Balaban J connectivity index is 1.95. The third-order valence-electron chi connectivity index (χ3n) is 4.05. The fraction of sp³-hybridized carbons (Fsp3) is 0.500. The van der Waals surface area contributed by atoms with Crippen LogP contribution in [0.25, 0.3) is 0 Å². The van der Waals surface area contributed by atoms with Gasteiger partial charge in [-0.05, 0) is 50.3 Å². The van der Waals surface area contributed by atoms with Crippen molar-refractivity contribution < 1.29 is 14.3 Å². The van der Waals surface area contributed by atoms with Crippen molar-refractivity contribution in [2.24, 2.45) is 5.92 Å². The van der Waals surface area contributed by atoms with E-state index in [0.29, 0.717) is 6.42 Å². The summed E-state index contributed by atoms with van der Waals surface area (Å²) in [6.07, 6.45) is 0.561. The number of hydrogen-bond donors (Lipinski definition) is 1. The molecule has 5 heteroatoms. The summed E-state index contributed by atoms with van der Waals surface area (Å²) in [6.45, 7) is 5.39. The highest BCUT2D eigenvalue weighted by Gasteiger charge is 2.49. The Labute approximate surface area is 124 Å². The van der Waals surface area contributed by atoms with Gasteiger partial charge >= 0.3 is 6.09 Å². The molecule has 2 atom stereocenters. The number of ether oxygens (including phenoxy) is 1. The lowest BCUT2D eigenvalue weighted by Crippen LogP contribution is -2.39. The smallest absolute Gasteiger partial charge is 0.417 e. The second-order valence-electron chi connectivity index (χ2n) is 6.77. The number of benzene rings is 1. The van der Waals surface area contributed by atoms with Crippen molar-refractivity contribution in [1.29, 1.82) is 0 Å². The first-order chi connectivity index (χ1) is 9.78. The second-order valence-corrected chi connectivity index (χ2v) is 6.77. The van der Waals surface area contributed by atoms with Gasteiger partial charge in [0.1, 0.15) is 5.60 Å². The van der Waals surface area contributed by atoms with Gasteiger partial charge in [0.25, 0.3) is 0 Å². The molecule has 1 heterocycles. The molecule has 1 aromatic carbocycles. The summed E-state index contributed by atoms with van der Waals surface area (Å²) >= 11 is 0. The number of amides is 2. The van der Waals surface area contributed by atoms with Crippen molar-refractivity contribution >= 4 is 17.7 Å². The normalized spacial score (nSPS) is 24.0. The van der Waals surface area contributed by atoms with Crippen LogP contribution in [0.2, 0.25) is 0 Å². The van der Waals surface area contributed by atoms with Crippen molar-refractivity contribution in [2.75, 3.05) is 5.73 Å². The van der Waals surface area contributed by atoms with E-state index in [1.807, 2.05) is 18.2 Å². The van der Waals surface area contributed by atoms with Gasteiger partial charge in [0, 0.05) is 12.1 Å². The predicted molar refractivity (Wildman–Crippen MR) is 78.5 cm³/mol. The minimum atomic E-state index is -0.618.